The summed E-state index contributed by atoms with van der Waals surface area (Å²) in [5.41, 5.74) is 3.46. The summed E-state index contributed by atoms with van der Waals surface area (Å²) in [4.78, 5) is 11.9. The van der Waals surface area contributed by atoms with Crippen LogP contribution in [0.1, 0.15) is 37.0 Å². The van der Waals surface area contributed by atoms with Gasteiger partial charge in [0, 0.05) is 16.3 Å². The van der Waals surface area contributed by atoms with E-state index < -0.39 is 0 Å². The number of hydrogen-bond donors (Lipinski definition) is 0. The highest BCUT2D eigenvalue weighted by Gasteiger charge is 2.36. The normalized spacial score (nSPS) is 18.8. The van der Waals surface area contributed by atoms with Crippen molar-refractivity contribution < 1.29 is 4.79 Å². The summed E-state index contributed by atoms with van der Waals surface area (Å²) in [6.07, 6.45) is 1.54. The quantitative estimate of drug-likeness (QED) is 0.702. The first-order valence-electron chi connectivity index (χ1n) is 5.26. The Labute approximate surface area is 99.0 Å². The van der Waals surface area contributed by atoms with Gasteiger partial charge in [-0.1, -0.05) is 22.0 Å². The molecule has 1 aromatic carbocycles. The third kappa shape index (κ3) is 1.55. The number of carbonyl (C=O) groups excluding carboxylic acids is 1. The summed E-state index contributed by atoms with van der Waals surface area (Å²) in [6, 6.07) is 4.17. The minimum Gasteiger partial charge on any atom is -0.299 e. The van der Waals surface area contributed by atoms with Crippen molar-refractivity contribution in [3.05, 3.63) is 33.3 Å². The predicted octanol–water partition coefficient (Wildman–Crippen LogP) is 3.55. The molecule has 0 N–H and O–H groups in total. The van der Waals surface area contributed by atoms with E-state index in [4.69, 9.17) is 0 Å². The van der Waals surface area contributed by atoms with Gasteiger partial charge < -0.3 is 0 Å². The zero-order valence-corrected chi connectivity index (χ0v) is 10.9. The highest BCUT2D eigenvalue weighted by atomic mass is 79.9. The van der Waals surface area contributed by atoms with E-state index >= 15 is 0 Å². The maximum Gasteiger partial charge on any atom is 0.143 e. The molecule has 1 aliphatic rings. The summed E-state index contributed by atoms with van der Waals surface area (Å²) in [5, 5.41) is 0. The van der Waals surface area contributed by atoms with E-state index in [9.17, 15) is 4.79 Å². The molecular weight excluding hydrogens is 252 g/mol. The Balaban J connectivity index is 2.73. The van der Waals surface area contributed by atoms with Gasteiger partial charge >= 0.3 is 0 Å². The van der Waals surface area contributed by atoms with E-state index in [0.29, 0.717) is 12.2 Å². The van der Waals surface area contributed by atoms with Gasteiger partial charge in [0.2, 0.25) is 0 Å². The fraction of sp³-hybridized carbons (Fsp3) is 0.462. The van der Waals surface area contributed by atoms with Crippen molar-refractivity contribution in [3.63, 3.8) is 0 Å². The number of fused-ring (bicyclic) bond motifs is 1. The van der Waals surface area contributed by atoms with Gasteiger partial charge in [-0.25, -0.2) is 0 Å². The maximum atomic E-state index is 11.9. The highest BCUT2D eigenvalue weighted by Crippen LogP contribution is 2.39. The summed E-state index contributed by atoms with van der Waals surface area (Å²) in [6.45, 7) is 6.16. The lowest BCUT2D eigenvalue weighted by molar-refractivity contribution is -0.124. The van der Waals surface area contributed by atoms with Crippen molar-refractivity contribution in [1.29, 1.82) is 0 Å². The zero-order valence-electron chi connectivity index (χ0n) is 9.36. The van der Waals surface area contributed by atoms with Crippen molar-refractivity contribution >= 4 is 21.7 Å². The lowest BCUT2D eigenvalue weighted by Crippen LogP contribution is -2.35. The van der Waals surface area contributed by atoms with Crippen molar-refractivity contribution in [2.24, 2.45) is 0 Å². The van der Waals surface area contributed by atoms with Crippen LogP contribution in [0, 0.1) is 6.92 Å². The van der Waals surface area contributed by atoms with Crippen LogP contribution in [0.4, 0.5) is 0 Å². The largest absolute Gasteiger partial charge is 0.299 e. The van der Waals surface area contributed by atoms with E-state index in [1.807, 2.05) is 13.8 Å². The molecule has 1 aliphatic carbocycles. The number of ketones is 1. The summed E-state index contributed by atoms with van der Waals surface area (Å²) in [7, 11) is 0. The minimum absolute atomic E-state index is 0.318. The molecule has 0 saturated carbocycles. The molecule has 1 nitrogen and oxygen atoms in total. The third-order valence-electron chi connectivity index (χ3n) is 3.39. The Kier molecular flexibility index (Phi) is 2.50. The minimum atomic E-state index is -0.318. The van der Waals surface area contributed by atoms with Gasteiger partial charge in [-0.05, 0) is 49.9 Å². The summed E-state index contributed by atoms with van der Waals surface area (Å²) in [5.74, 6) is 0.358. The Morgan fingerprint density at radius 2 is 1.93 bits per heavy atom. The van der Waals surface area contributed by atoms with E-state index in [1.165, 1.54) is 16.7 Å². The first-order chi connectivity index (χ1) is 6.94. The lowest BCUT2D eigenvalue weighted by Gasteiger charge is -2.33. The van der Waals surface area contributed by atoms with Gasteiger partial charge in [-0.2, -0.15) is 0 Å². The molecule has 1 aromatic rings. The molecule has 0 saturated heterocycles. The third-order valence-corrected chi connectivity index (χ3v) is 4.13. The lowest BCUT2D eigenvalue weighted by atomic mass is 9.70. The molecule has 0 aliphatic heterocycles. The van der Waals surface area contributed by atoms with Crippen LogP contribution in [0.2, 0.25) is 0 Å². The van der Waals surface area contributed by atoms with Gasteiger partial charge in [0.05, 0.1) is 0 Å². The van der Waals surface area contributed by atoms with E-state index in [1.54, 1.807) is 0 Å². The molecule has 0 unspecified atom stereocenters. The van der Waals surface area contributed by atoms with Crippen LogP contribution in [0.3, 0.4) is 0 Å². The van der Waals surface area contributed by atoms with Crippen LogP contribution in [0.5, 0.6) is 0 Å². The average molecular weight is 267 g/mol. The average Bonchev–Trinajstić information content (AvgIpc) is 2.16. The fourth-order valence-electron chi connectivity index (χ4n) is 2.54. The molecule has 0 aromatic heterocycles. The van der Waals surface area contributed by atoms with Gasteiger partial charge in [-0.3, -0.25) is 4.79 Å². The summed E-state index contributed by atoms with van der Waals surface area (Å²) >= 11 is 3.58. The van der Waals surface area contributed by atoms with Crippen molar-refractivity contribution in [2.75, 3.05) is 0 Å². The molecule has 80 valence electrons. The van der Waals surface area contributed by atoms with Crippen molar-refractivity contribution in [1.82, 2.24) is 0 Å². The smallest absolute Gasteiger partial charge is 0.143 e. The second-order valence-corrected chi connectivity index (χ2v) is 5.62. The molecule has 0 radical (unpaired) electrons. The molecule has 0 heterocycles. The van der Waals surface area contributed by atoms with Gasteiger partial charge in [0.1, 0.15) is 5.78 Å². The second kappa shape index (κ2) is 3.44. The topological polar surface area (TPSA) is 17.1 Å². The van der Waals surface area contributed by atoms with E-state index in [-0.39, 0.29) is 5.41 Å². The molecular formula is C13H15BrO. The molecule has 2 rings (SSSR count). The van der Waals surface area contributed by atoms with Crippen LogP contribution >= 0.6 is 15.9 Å². The van der Waals surface area contributed by atoms with Crippen LogP contribution in [-0.4, -0.2) is 5.78 Å². The first-order valence-corrected chi connectivity index (χ1v) is 6.05. The van der Waals surface area contributed by atoms with Gasteiger partial charge in [0.15, 0.2) is 0 Å². The molecule has 0 fully saturated rings. The van der Waals surface area contributed by atoms with Crippen LogP contribution in [0.15, 0.2) is 16.6 Å². The molecule has 0 atom stereocenters. The number of aryl methyl sites for hydroxylation is 1. The predicted molar refractivity (Wildman–Crippen MR) is 65.2 cm³/mol. The molecule has 2 heteroatoms. The number of hydrogen-bond acceptors (Lipinski definition) is 1. The Morgan fingerprint density at radius 1 is 1.27 bits per heavy atom. The Hall–Kier alpha value is -0.630. The number of Topliss-reactive ketones (excluding diaryl/α,β-unsaturated/α-hetero) is 1. The maximum absolute atomic E-state index is 11.9. The van der Waals surface area contributed by atoms with Crippen molar-refractivity contribution in [2.45, 2.75) is 39.0 Å². The number of rotatable bonds is 0. The molecule has 0 spiro atoms. The SMILES string of the molecule is Cc1ccc(Br)c2c1C(C)(C)C(=O)CC2. The molecule has 15 heavy (non-hydrogen) atoms. The standard InChI is InChI=1S/C13H15BrO/c1-8-4-6-10(14)9-5-7-11(15)13(2,3)12(8)9/h4,6H,5,7H2,1-3H3. The first kappa shape index (κ1) is 10.9. The molecule has 0 bridgehead atoms. The van der Waals surface area contributed by atoms with Crippen LogP contribution < -0.4 is 0 Å². The monoisotopic (exact) mass is 266 g/mol. The highest BCUT2D eigenvalue weighted by molar-refractivity contribution is 9.10. The summed E-state index contributed by atoms with van der Waals surface area (Å²) < 4.78 is 1.14. The van der Waals surface area contributed by atoms with Gasteiger partial charge in [0.25, 0.3) is 0 Å². The Morgan fingerprint density at radius 3 is 2.60 bits per heavy atom. The molecule has 0 amide bonds. The fourth-order valence-corrected chi connectivity index (χ4v) is 3.07. The van der Waals surface area contributed by atoms with Crippen LogP contribution in [-0.2, 0) is 16.6 Å². The van der Waals surface area contributed by atoms with E-state index in [0.717, 1.165) is 10.9 Å². The number of halogens is 1. The second-order valence-electron chi connectivity index (χ2n) is 4.77. The Bertz CT molecular complexity index is 432. The van der Waals surface area contributed by atoms with Gasteiger partial charge in [-0.15, -0.1) is 0 Å². The zero-order chi connectivity index (χ0) is 11.2. The number of benzene rings is 1. The van der Waals surface area contributed by atoms with Crippen molar-refractivity contribution in [3.8, 4) is 0 Å². The number of carbonyl (C=O) groups is 1. The van der Waals surface area contributed by atoms with Crippen LogP contribution in [0.25, 0.3) is 0 Å². The van der Waals surface area contributed by atoms with E-state index in [2.05, 4.69) is 35.0 Å².